The van der Waals surface area contributed by atoms with Crippen molar-refractivity contribution in [3.8, 4) is 34.4 Å². The molecular formula is C26H26N2O3. The second-order valence-corrected chi connectivity index (χ2v) is 7.57. The maximum absolute atomic E-state index is 9.81. The Labute approximate surface area is 183 Å². The fraction of sp³-hybridized carbons (Fsp3) is 0.269. The van der Waals surface area contributed by atoms with Crippen molar-refractivity contribution in [2.75, 3.05) is 14.2 Å². The van der Waals surface area contributed by atoms with Gasteiger partial charge >= 0.3 is 0 Å². The van der Waals surface area contributed by atoms with Gasteiger partial charge in [0.05, 0.1) is 25.3 Å². The summed E-state index contributed by atoms with van der Waals surface area (Å²) in [6.45, 7) is 0.963. The number of rotatable bonds is 9. The Bertz CT molecular complexity index is 1060. The molecular weight excluding hydrogens is 388 g/mol. The third kappa shape index (κ3) is 4.82. The number of nitrogens with one attached hydrogen (secondary N) is 1. The Hall–Kier alpha value is -3.49. The van der Waals surface area contributed by atoms with Gasteiger partial charge in [0.2, 0.25) is 0 Å². The molecule has 1 aliphatic carbocycles. The van der Waals surface area contributed by atoms with Crippen LogP contribution in [0.3, 0.4) is 0 Å². The molecule has 1 N–H and O–H groups in total. The monoisotopic (exact) mass is 414 g/mol. The molecule has 3 aromatic rings. The van der Waals surface area contributed by atoms with E-state index in [-0.39, 0.29) is 6.61 Å². The van der Waals surface area contributed by atoms with E-state index in [1.54, 1.807) is 14.2 Å². The normalized spacial score (nSPS) is 12.8. The van der Waals surface area contributed by atoms with Gasteiger partial charge in [-0.1, -0.05) is 48.5 Å². The smallest absolute Gasteiger partial charge is 0.130 e. The molecule has 4 rings (SSSR count). The van der Waals surface area contributed by atoms with Crippen LogP contribution >= 0.6 is 0 Å². The molecule has 31 heavy (non-hydrogen) atoms. The van der Waals surface area contributed by atoms with E-state index in [9.17, 15) is 5.26 Å². The molecule has 0 saturated heterocycles. The Morgan fingerprint density at radius 1 is 0.968 bits per heavy atom. The van der Waals surface area contributed by atoms with Gasteiger partial charge in [0.15, 0.2) is 0 Å². The minimum absolute atomic E-state index is 0.273. The average Bonchev–Trinajstić information content (AvgIpc) is 3.65. The molecule has 1 saturated carbocycles. The topological polar surface area (TPSA) is 63.5 Å². The largest absolute Gasteiger partial charge is 0.496 e. The first-order valence-electron chi connectivity index (χ1n) is 10.4. The summed E-state index contributed by atoms with van der Waals surface area (Å²) < 4.78 is 17.3. The summed E-state index contributed by atoms with van der Waals surface area (Å²) in [5, 5.41) is 13.3. The highest BCUT2D eigenvalue weighted by molar-refractivity contribution is 5.72. The summed E-state index contributed by atoms with van der Waals surface area (Å²) in [5.74, 6) is 2.08. The summed E-state index contributed by atoms with van der Waals surface area (Å²) >= 11 is 0. The van der Waals surface area contributed by atoms with Crippen LogP contribution in [0.5, 0.6) is 17.2 Å². The van der Waals surface area contributed by atoms with E-state index >= 15 is 0 Å². The van der Waals surface area contributed by atoms with E-state index in [0.717, 1.165) is 33.8 Å². The molecule has 158 valence electrons. The van der Waals surface area contributed by atoms with E-state index in [1.165, 1.54) is 12.8 Å². The lowest BCUT2D eigenvalue weighted by atomic mass is 9.96. The molecule has 5 heteroatoms. The van der Waals surface area contributed by atoms with Gasteiger partial charge in [-0.25, -0.2) is 0 Å². The van der Waals surface area contributed by atoms with Crippen molar-refractivity contribution in [1.29, 1.82) is 5.26 Å². The van der Waals surface area contributed by atoms with Crippen LogP contribution in [0.4, 0.5) is 0 Å². The molecule has 0 spiro atoms. The number of methoxy groups -OCH3 is 2. The van der Waals surface area contributed by atoms with Crippen molar-refractivity contribution in [2.24, 2.45) is 0 Å². The van der Waals surface area contributed by atoms with Gasteiger partial charge in [-0.05, 0) is 24.0 Å². The number of nitrogens with zero attached hydrogens (tertiary/aromatic N) is 1. The zero-order valence-electron chi connectivity index (χ0n) is 17.9. The summed E-state index contributed by atoms with van der Waals surface area (Å²) in [6.07, 6.45) is 2.43. The van der Waals surface area contributed by atoms with Crippen LogP contribution in [-0.4, -0.2) is 20.3 Å². The van der Waals surface area contributed by atoms with Gasteiger partial charge in [0, 0.05) is 30.3 Å². The first-order valence-corrected chi connectivity index (χ1v) is 10.4. The van der Waals surface area contributed by atoms with Gasteiger partial charge in [0.25, 0.3) is 0 Å². The third-order valence-electron chi connectivity index (χ3n) is 5.47. The quantitative estimate of drug-likeness (QED) is 0.529. The van der Waals surface area contributed by atoms with Crippen LogP contribution in [0, 0.1) is 11.3 Å². The van der Waals surface area contributed by atoms with Crippen LogP contribution in [0.1, 0.15) is 29.5 Å². The van der Waals surface area contributed by atoms with Gasteiger partial charge < -0.3 is 19.5 Å². The molecule has 0 aliphatic heterocycles. The first-order chi connectivity index (χ1) is 15.2. The maximum atomic E-state index is 9.81. The van der Waals surface area contributed by atoms with Crippen LogP contribution in [0.2, 0.25) is 0 Å². The molecule has 0 atom stereocenters. The molecule has 0 unspecified atom stereocenters. The lowest BCUT2D eigenvalue weighted by Gasteiger charge is -2.17. The van der Waals surface area contributed by atoms with Crippen LogP contribution < -0.4 is 19.5 Å². The molecule has 0 bridgehead atoms. The second-order valence-electron chi connectivity index (χ2n) is 7.57. The molecule has 0 radical (unpaired) electrons. The van der Waals surface area contributed by atoms with Crippen molar-refractivity contribution in [3.63, 3.8) is 0 Å². The fourth-order valence-corrected chi connectivity index (χ4v) is 3.62. The van der Waals surface area contributed by atoms with E-state index in [4.69, 9.17) is 14.2 Å². The highest BCUT2D eigenvalue weighted by atomic mass is 16.5. The fourth-order valence-electron chi connectivity index (χ4n) is 3.62. The minimum Gasteiger partial charge on any atom is -0.496 e. The summed E-state index contributed by atoms with van der Waals surface area (Å²) in [4.78, 5) is 0. The van der Waals surface area contributed by atoms with Gasteiger partial charge in [0.1, 0.15) is 29.9 Å². The number of hydrogen-bond acceptors (Lipinski definition) is 5. The predicted molar refractivity (Wildman–Crippen MR) is 120 cm³/mol. The Morgan fingerprint density at radius 3 is 2.29 bits per heavy atom. The summed E-state index contributed by atoms with van der Waals surface area (Å²) in [7, 11) is 3.30. The highest BCUT2D eigenvalue weighted by Gasteiger charge is 2.22. The Kier molecular flexibility index (Phi) is 6.40. The van der Waals surface area contributed by atoms with Gasteiger partial charge in [-0.15, -0.1) is 0 Å². The van der Waals surface area contributed by atoms with Crippen molar-refractivity contribution in [3.05, 3.63) is 77.4 Å². The number of ether oxygens (including phenoxy) is 3. The summed E-state index contributed by atoms with van der Waals surface area (Å²) in [5.41, 5.74) is 4.35. The van der Waals surface area contributed by atoms with Crippen LogP contribution in [0.15, 0.2) is 60.7 Å². The number of hydrogen-bond donors (Lipinski definition) is 1. The Morgan fingerprint density at radius 2 is 1.68 bits per heavy atom. The zero-order chi connectivity index (χ0) is 21.6. The van der Waals surface area contributed by atoms with Gasteiger partial charge in [-0.3, -0.25) is 0 Å². The molecule has 0 amide bonds. The maximum Gasteiger partial charge on any atom is 0.130 e. The molecule has 1 fully saturated rings. The van der Waals surface area contributed by atoms with E-state index < -0.39 is 0 Å². The zero-order valence-corrected chi connectivity index (χ0v) is 17.9. The van der Waals surface area contributed by atoms with Crippen molar-refractivity contribution >= 4 is 0 Å². The van der Waals surface area contributed by atoms with E-state index in [0.29, 0.717) is 23.9 Å². The standard InChI is InChI=1S/C26H26N2O3/c1-29-25-13-21(14-26(30-2)24(25)16-28-20-11-12-20)31-17-19-9-6-10-22(23(19)15-27)18-7-4-3-5-8-18/h3-10,13-14,20,28H,11-12,16-17H2,1-2H3. The lowest BCUT2D eigenvalue weighted by molar-refractivity contribution is 0.299. The minimum atomic E-state index is 0.273. The van der Waals surface area contributed by atoms with Crippen LogP contribution in [-0.2, 0) is 13.2 Å². The number of benzene rings is 3. The molecule has 0 heterocycles. The second kappa shape index (κ2) is 9.55. The molecule has 1 aliphatic rings. The summed E-state index contributed by atoms with van der Waals surface area (Å²) in [6, 6.07) is 22.4. The number of nitriles is 1. The highest BCUT2D eigenvalue weighted by Crippen LogP contribution is 2.35. The van der Waals surface area contributed by atoms with Crippen molar-refractivity contribution in [1.82, 2.24) is 5.32 Å². The van der Waals surface area contributed by atoms with E-state index in [2.05, 4.69) is 11.4 Å². The molecule has 5 nitrogen and oxygen atoms in total. The molecule has 0 aromatic heterocycles. The lowest BCUT2D eigenvalue weighted by Crippen LogP contribution is -2.16. The van der Waals surface area contributed by atoms with E-state index in [1.807, 2.05) is 60.7 Å². The molecule has 3 aromatic carbocycles. The van der Waals surface area contributed by atoms with Crippen LogP contribution in [0.25, 0.3) is 11.1 Å². The first kappa shape index (κ1) is 20.8. The predicted octanol–water partition coefficient (Wildman–Crippen LogP) is 5.07. The van der Waals surface area contributed by atoms with Gasteiger partial charge in [-0.2, -0.15) is 5.26 Å². The van der Waals surface area contributed by atoms with Crippen molar-refractivity contribution < 1.29 is 14.2 Å². The Balaban J connectivity index is 1.57. The van der Waals surface area contributed by atoms with Crippen molar-refractivity contribution in [2.45, 2.75) is 32.0 Å². The average molecular weight is 415 g/mol. The third-order valence-corrected chi connectivity index (χ3v) is 5.47. The SMILES string of the molecule is COc1cc(OCc2cccc(-c3ccccc3)c2C#N)cc(OC)c1CNC1CC1.